The normalized spacial score (nSPS) is 11.9. The molecule has 1 atom stereocenters. The second-order valence-electron chi connectivity index (χ2n) is 6.67. The van der Waals surface area contributed by atoms with Gasteiger partial charge in [-0.15, -0.1) is 0 Å². The topological polar surface area (TPSA) is 83.4 Å². The summed E-state index contributed by atoms with van der Waals surface area (Å²) in [6, 6.07) is 15.3. The van der Waals surface area contributed by atoms with E-state index in [2.05, 4.69) is 35.8 Å². The molecule has 2 aromatic rings. The Labute approximate surface area is 172 Å². The van der Waals surface area contributed by atoms with Crippen LogP contribution in [-0.4, -0.2) is 26.7 Å². The van der Waals surface area contributed by atoms with Crippen molar-refractivity contribution in [3.05, 3.63) is 70.9 Å². The minimum Gasteiger partial charge on any atom is -0.493 e. The molecule has 0 aliphatic rings. The standard InChI is InChI=1S/C23H27N3O3/c1-16-6-5-7-18(12-16)10-11-25-15-20(14-24)23(27)26-17(2)19-8-9-21(28-3)22(13-19)29-4/h5-9,12-13,15,17,25H,10-11H2,1-4H3,(H,26,27)/b20-15-. The third-order valence-corrected chi connectivity index (χ3v) is 4.51. The molecule has 29 heavy (non-hydrogen) atoms. The van der Waals surface area contributed by atoms with Crippen molar-refractivity contribution in [2.45, 2.75) is 26.3 Å². The van der Waals surface area contributed by atoms with Crippen LogP contribution in [0.25, 0.3) is 0 Å². The fourth-order valence-corrected chi connectivity index (χ4v) is 2.89. The first-order valence-electron chi connectivity index (χ1n) is 9.40. The molecule has 1 amide bonds. The van der Waals surface area contributed by atoms with Gasteiger partial charge in [0.1, 0.15) is 11.6 Å². The van der Waals surface area contributed by atoms with E-state index in [-0.39, 0.29) is 11.6 Å². The van der Waals surface area contributed by atoms with Crippen LogP contribution in [-0.2, 0) is 11.2 Å². The van der Waals surface area contributed by atoms with E-state index < -0.39 is 5.91 Å². The van der Waals surface area contributed by atoms with E-state index >= 15 is 0 Å². The molecule has 1 unspecified atom stereocenters. The Morgan fingerprint density at radius 2 is 1.93 bits per heavy atom. The van der Waals surface area contributed by atoms with Crippen LogP contribution in [0.5, 0.6) is 11.5 Å². The molecular formula is C23H27N3O3. The van der Waals surface area contributed by atoms with Crippen LogP contribution in [0, 0.1) is 18.3 Å². The number of nitrogens with one attached hydrogen (secondary N) is 2. The fraction of sp³-hybridized carbons (Fsp3) is 0.304. The van der Waals surface area contributed by atoms with Crippen molar-refractivity contribution in [1.29, 1.82) is 5.26 Å². The zero-order valence-corrected chi connectivity index (χ0v) is 17.3. The van der Waals surface area contributed by atoms with Gasteiger partial charge in [-0.2, -0.15) is 5.26 Å². The second kappa shape index (κ2) is 10.8. The highest BCUT2D eigenvalue weighted by atomic mass is 16.5. The first kappa shape index (κ1) is 21.8. The SMILES string of the molecule is COc1ccc(C(C)NC(=O)/C(C#N)=C\NCCc2cccc(C)c2)cc1OC. The highest BCUT2D eigenvalue weighted by molar-refractivity contribution is 5.97. The van der Waals surface area contributed by atoms with E-state index in [1.165, 1.54) is 17.3 Å². The maximum atomic E-state index is 12.4. The number of nitriles is 1. The number of aryl methyl sites for hydroxylation is 1. The first-order valence-corrected chi connectivity index (χ1v) is 9.40. The number of carbonyl (C=O) groups excluding carboxylic acids is 1. The van der Waals surface area contributed by atoms with Crippen LogP contribution < -0.4 is 20.1 Å². The van der Waals surface area contributed by atoms with Crippen LogP contribution in [0.2, 0.25) is 0 Å². The number of nitrogens with zero attached hydrogens (tertiary/aromatic N) is 1. The number of methoxy groups -OCH3 is 2. The minimum atomic E-state index is -0.433. The maximum absolute atomic E-state index is 12.4. The molecule has 0 aromatic heterocycles. The molecule has 0 radical (unpaired) electrons. The van der Waals surface area contributed by atoms with Crippen molar-refractivity contribution in [3.63, 3.8) is 0 Å². The van der Waals surface area contributed by atoms with Gasteiger partial charge < -0.3 is 20.1 Å². The fourth-order valence-electron chi connectivity index (χ4n) is 2.89. The Morgan fingerprint density at radius 1 is 1.17 bits per heavy atom. The van der Waals surface area contributed by atoms with E-state index in [9.17, 15) is 10.1 Å². The van der Waals surface area contributed by atoms with Crippen molar-refractivity contribution in [2.75, 3.05) is 20.8 Å². The third-order valence-electron chi connectivity index (χ3n) is 4.51. The number of amides is 1. The van der Waals surface area contributed by atoms with E-state index in [0.29, 0.717) is 18.0 Å². The van der Waals surface area contributed by atoms with E-state index in [0.717, 1.165) is 12.0 Å². The molecule has 0 aliphatic heterocycles. The molecule has 2 N–H and O–H groups in total. The van der Waals surface area contributed by atoms with Crippen LogP contribution in [0.1, 0.15) is 29.7 Å². The van der Waals surface area contributed by atoms with Gasteiger partial charge in [-0.05, 0) is 43.5 Å². The molecule has 6 nitrogen and oxygen atoms in total. The first-order chi connectivity index (χ1) is 14.0. The summed E-state index contributed by atoms with van der Waals surface area (Å²) in [5.41, 5.74) is 3.29. The van der Waals surface area contributed by atoms with Crippen LogP contribution in [0.15, 0.2) is 54.2 Å². The average Bonchev–Trinajstić information content (AvgIpc) is 2.73. The van der Waals surface area contributed by atoms with Gasteiger partial charge in [0, 0.05) is 12.7 Å². The van der Waals surface area contributed by atoms with Crippen molar-refractivity contribution >= 4 is 5.91 Å². The highest BCUT2D eigenvalue weighted by Gasteiger charge is 2.15. The van der Waals surface area contributed by atoms with Crippen molar-refractivity contribution in [2.24, 2.45) is 0 Å². The number of carbonyl (C=O) groups is 1. The molecule has 2 rings (SSSR count). The molecule has 0 spiro atoms. The van der Waals surface area contributed by atoms with Crippen LogP contribution in [0.4, 0.5) is 0 Å². The third kappa shape index (κ3) is 6.28. The molecule has 0 aliphatic carbocycles. The van der Waals surface area contributed by atoms with Gasteiger partial charge in [0.15, 0.2) is 11.5 Å². The van der Waals surface area contributed by atoms with Gasteiger partial charge in [-0.25, -0.2) is 0 Å². The van der Waals surface area contributed by atoms with Gasteiger partial charge in [0.05, 0.1) is 20.3 Å². The lowest BCUT2D eigenvalue weighted by Crippen LogP contribution is -2.28. The molecule has 0 saturated carbocycles. The Morgan fingerprint density at radius 3 is 2.59 bits per heavy atom. The lowest BCUT2D eigenvalue weighted by atomic mass is 10.1. The number of benzene rings is 2. The Bertz CT molecular complexity index is 916. The van der Waals surface area contributed by atoms with Crippen LogP contribution >= 0.6 is 0 Å². The quantitative estimate of drug-likeness (QED) is 0.387. The Hall–Kier alpha value is -3.46. The summed E-state index contributed by atoms with van der Waals surface area (Å²) in [6.45, 7) is 4.53. The summed E-state index contributed by atoms with van der Waals surface area (Å²) in [6.07, 6.45) is 2.27. The van der Waals surface area contributed by atoms with Gasteiger partial charge in [0.25, 0.3) is 5.91 Å². The second-order valence-corrected chi connectivity index (χ2v) is 6.67. The van der Waals surface area contributed by atoms with Crippen molar-refractivity contribution < 1.29 is 14.3 Å². The summed E-state index contributed by atoms with van der Waals surface area (Å²) in [5, 5.41) is 15.2. The summed E-state index contributed by atoms with van der Waals surface area (Å²) in [4.78, 5) is 12.4. The monoisotopic (exact) mass is 393 g/mol. The average molecular weight is 393 g/mol. The predicted molar refractivity (Wildman–Crippen MR) is 113 cm³/mol. The van der Waals surface area contributed by atoms with Gasteiger partial charge >= 0.3 is 0 Å². The summed E-state index contributed by atoms with van der Waals surface area (Å²) in [7, 11) is 3.13. The van der Waals surface area contributed by atoms with Crippen molar-refractivity contribution in [3.8, 4) is 17.6 Å². The minimum absolute atomic E-state index is 0.0292. The Kier molecular flexibility index (Phi) is 8.11. The van der Waals surface area contributed by atoms with Crippen LogP contribution in [0.3, 0.4) is 0 Å². The van der Waals surface area contributed by atoms with E-state index in [4.69, 9.17) is 9.47 Å². The molecule has 0 saturated heterocycles. The maximum Gasteiger partial charge on any atom is 0.263 e. The zero-order chi connectivity index (χ0) is 21.2. The zero-order valence-electron chi connectivity index (χ0n) is 17.3. The van der Waals surface area contributed by atoms with Gasteiger partial charge in [-0.1, -0.05) is 35.9 Å². The number of ether oxygens (including phenoxy) is 2. The van der Waals surface area contributed by atoms with E-state index in [1.807, 2.05) is 25.1 Å². The number of rotatable bonds is 9. The lowest BCUT2D eigenvalue weighted by molar-refractivity contribution is -0.117. The predicted octanol–water partition coefficient (Wildman–Crippen LogP) is 3.43. The molecule has 0 bridgehead atoms. The molecular weight excluding hydrogens is 366 g/mol. The summed E-state index contributed by atoms with van der Waals surface area (Å²) < 4.78 is 10.5. The largest absolute Gasteiger partial charge is 0.493 e. The lowest BCUT2D eigenvalue weighted by Gasteiger charge is -2.16. The smallest absolute Gasteiger partial charge is 0.263 e. The number of hydrogen-bond donors (Lipinski definition) is 2. The Balaban J connectivity index is 1.94. The van der Waals surface area contributed by atoms with Crippen molar-refractivity contribution in [1.82, 2.24) is 10.6 Å². The molecule has 2 aromatic carbocycles. The molecule has 0 fully saturated rings. The highest BCUT2D eigenvalue weighted by Crippen LogP contribution is 2.29. The summed E-state index contributed by atoms with van der Waals surface area (Å²) in [5.74, 6) is 0.767. The molecule has 0 heterocycles. The number of hydrogen-bond acceptors (Lipinski definition) is 5. The molecule has 6 heteroatoms. The van der Waals surface area contributed by atoms with E-state index in [1.54, 1.807) is 26.4 Å². The van der Waals surface area contributed by atoms with Gasteiger partial charge in [0.2, 0.25) is 0 Å². The molecule has 152 valence electrons. The van der Waals surface area contributed by atoms with Gasteiger partial charge in [-0.3, -0.25) is 4.79 Å². The summed E-state index contributed by atoms with van der Waals surface area (Å²) >= 11 is 0.